The highest BCUT2D eigenvalue weighted by Gasteiger charge is 2.17. The van der Waals surface area contributed by atoms with Gasteiger partial charge in [-0.25, -0.2) is 13.1 Å². The van der Waals surface area contributed by atoms with Crippen LogP contribution in [0.25, 0.3) is 0 Å². The van der Waals surface area contributed by atoms with Crippen molar-refractivity contribution in [1.82, 2.24) is 19.7 Å². The van der Waals surface area contributed by atoms with Crippen LogP contribution in [0.3, 0.4) is 0 Å². The van der Waals surface area contributed by atoms with Gasteiger partial charge in [0.1, 0.15) is 4.90 Å². The van der Waals surface area contributed by atoms with E-state index >= 15 is 0 Å². The Morgan fingerprint density at radius 3 is 2.85 bits per heavy atom. The Morgan fingerprint density at radius 2 is 2.20 bits per heavy atom. The number of nitrogens with zero attached hydrogens (tertiary/aromatic N) is 3. The number of hydrogen-bond acceptors (Lipinski definition) is 5. The number of halogens is 1. The Balaban J connectivity index is 1.93. The molecule has 0 spiro atoms. The maximum Gasteiger partial charge on any atom is 0.242 e. The molecule has 0 bridgehead atoms. The minimum Gasteiger partial charge on any atom is -0.399 e. The summed E-state index contributed by atoms with van der Waals surface area (Å²) in [4.78, 5) is 0.0223. The lowest BCUT2D eigenvalue weighted by Crippen LogP contribution is -2.26. The zero-order valence-electron chi connectivity index (χ0n) is 10.5. The molecule has 0 aliphatic carbocycles. The van der Waals surface area contributed by atoms with Gasteiger partial charge in [0.2, 0.25) is 10.0 Å². The van der Waals surface area contributed by atoms with Crippen molar-refractivity contribution in [3.63, 3.8) is 0 Å². The summed E-state index contributed by atoms with van der Waals surface area (Å²) in [6.45, 7) is 0.862. The number of benzene rings is 1. The Kier molecular flexibility index (Phi) is 4.58. The van der Waals surface area contributed by atoms with Crippen LogP contribution in [0.4, 0.5) is 5.69 Å². The first-order valence-electron chi connectivity index (χ1n) is 5.88. The molecule has 7 nitrogen and oxygen atoms in total. The second kappa shape index (κ2) is 6.21. The van der Waals surface area contributed by atoms with Crippen LogP contribution < -0.4 is 10.5 Å². The fourth-order valence-corrected chi connectivity index (χ4v) is 3.24. The van der Waals surface area contributed by atoms with E-state index in [9.17, 15) is 8.42 Å². The summed E-state index contributed by atoms with van der Waals surface area (Å²) in [5.41, 5.74) is 5.95. The molecule has 0 radical (unpaired) electrons. The highest BCUT2D eigenvalue weighted by Crippen LogP contribution is 2.23. The average Bonchev–Trinajstić information content (AvgIpc) is 2.87. The molecule has 0 amide bonds. The second-order valence-corrected chi connectivity index (χ2v) is 6.25. The maximum absolute atomic E-state index is 12.1. The van der Waals surface area contributed by atoms with Crippen molar-refractivity contribution in [2.75, 3.05) is 12.3 Å². The Hall–Kier alpha value is -1.64. The molecule has 20 heavy (non-hydrogen) atoms. The number of hydrogen-bond donors (Lipinski definition) is 2. The Morgan fingerprint density at radius 1 is 1.40 bits per heavy atom. The van der Waals surface area contributed by atoms with Crippen molar-refractivity contribution in [2.24, 2.45) is 0 Å². The standard InChI is InChI=1S/C11H14ClN5O2S/c12-10-8-9(13)2-3-11(10)20(18,19)15-4-1-6-17-7-5-14-16-17/h2-3,5,7-8,15H,1,4,6,13H2. The predicted octanol–water partition coefficient (Wildman–Crippen LogP) is 0.882. The molecule has 0 saturated heterocycles. The highest BCUT2D eigenvalue weighted by molar-refractivity contribution is 7.89. The van der Waals surface area contributed by atoms with Crippen LogP contribution in [0, 0.1) is 0 Å². The van der Waals surface area contributed by atoms with Crippen LogP contribution in [-0.2, 0) is 16.6 Å². The molecule has 1 aromatic heterocycles. The number of aryl methyl sites for hydroxylation is 1. The number of anilines is 1. The summed E-state index contributed by atoms with van der Waals surface area (Å²) in [7, 11) is -3.63. The quantitative estimate of drug-likeness (QED) is 0.608. The molecule has 0 aliphatic rings. The van der Waals surface area contributed by atoms with Crippen LogP contribution in [0.1, 0.15) is 6.42 Å². The third kappa shape index (κ3) is 3.69. The largest absolute Gasteiger partial charge is 0.399 e. The van der Waals surface area contributed by atoms with Gasteiger partial charge in [0.05, 0.1) is 11.2 Å². The van der Waals surface area contributed by atoms with E-state index in [-0.39, 0.29) is 16.5 Å². The monoisotopic (exact) mass is 315 g/mol. The molecule has 0 unspecified atom stereocenters. The first kappa shape index (κ1) is 14.8. The van der Waals surface area contributed by atoms with E-state index in [1.807, 2.05) is 0 Å². The van der Waals surface area contributed by atoms with Gasteiger partial charge in [0, 0.05) is 25.0 Å². The van der Waals surface area contributed by atoms with Gasteiger partial charge in [-0.3, -0.25) is 4.68 Å². The van der Waals surface area contributed by atoms with Crippen molar-refractivity contribution in [3.8, 4) is 0 Å². The fraction of sp³-hybridized carbons (Fsp3) is 0.273. The Bertz CT molecular complexity index is 672. The minimum absolute atomic E-state index is 0.0223. The molecule has 0 atom stereocenters. The van der Waals surface area contributed by atoms with Crippen LogP contribution >= 0.6 is 11.6 Å². The van der Waals surface area contributed by atoms with E-state index in [0.29, 0.717) is 18.7 Å². The number of aromatic nitrogens is 3. The predicted molar refractivity (Wildman–Crippen MR) is 75.7 cm³/mol. The van der Waals surface area contributed by atoms with Crippen LogP contribution in [0.2, 0.25) is 5.02 Å². The van der Waals surface area contributed by atoms with E-state index in [2.05, 4.69) is 15.0 Å². The molecule has 0 saturated carbocycles. The third-order valence-electron chi connectivity index (χ3n) is 2.57. The Labute approximate surface area is 121 Å². The van der Waals surface area contributed by atoms with Gasteiger partial charge >= 0.3 is 0 Å². The van der Waals surface area contributed by atoms with E-state index in [0.717, 1.165) is 0 Å². The number of rotatable bonds is 6. The zero-order valence-corrected chi connectivity index (χ0v) is 12.1. The van der Waals surface area contributed by atoms with Crippen molar-refractivity contribution in [1.29, 1.82) is 0 Å². The smallest absolute Gasteiger partial charge is 0.242 e. The number of sulfonamides is 1. The molecule has 2 aromatic rings. The van der Waals surface area contributed by atoms with Gasteiger partial charge in [0.25, 0.3) is 0 Å². The number of nitrogens with one attached hydrogen (secondary N) is 1. The fourth-order valence-electron chi connectivity index (χ4n) is 1.61. The van der Waals surface area contributed by atoms with Gasteiger partial charge < -0.3 is 5.73 Å². The number of nitrogens with two attached hydrogens (primary N) is 1. The lowest BCUT2D eigenvalue weighted by Gasteiger charge is -2.08. The normalized spacial score (nSPS) is 11.7. The van der Waals surface area contributed by atoms with Gasteiger partial charge in [-0.15, -0.1) is 5.10 Å². The second-order valence-electron chi connectivity index (χ2n) is 4.11. The van der Waals surface area contributed by atoms with E-state index < -0.39 is 10.0 Å². The minimum atomic E-state index is -3.63. The van der Waals surface area contributed by atoms with E-state index in [4.69, 9.17) is 17.3 Å². The summed E-state index contributed by atoms with van der Waals surface area (Å²) in [6, 6.07) is 4.29. The van der Waals surface area contributed by atoms with Crippen molar-refractivity contribution < 1.29 is 8.42 Å². The first-order chi connectivity index (χ1) is 9.49. The lowest BCUT2D eigenvalue weighted by molar-refractivity contribution is 0.542. The molecule has 3 N–H and O–H groups in total. The van der Waals surface area contributed by atoms with Crippen molar-refractivity contribution in [2.45, 2.75) is 17.9 Å². The molecular formula is C11H14ClN5O2S. The molecule has 0 fully saturated rings. The van der Waals surface area contributed by atoms with Crippen LogP contribution in [0.5, 0.6) is 0 Å². The maximum atomic E-state index is 12.1. The SMILES string of the molecule is Nc1ccc(S(=O)(=O)NCCCn2ccnn2)c(Cl)c1. The van der Waals surface area contributed by atoms with E-state index in [1.165, 1.54) is 18.2 Å². The van der Waals surface area contributed by atoms with Gasteiger partial charge in [0.15, 0.2) is 0 Å². The molecule has 0 aliphatic heterocycles. The lowest BCUT2D eigenvalue weighted by atomic mass is 10.3. The summed E-state index contributed by atoms with van der Waals surface area (Å²) >= 11 is 5.89. The number of nitrogen functional groups attached to an aromatic ring is 1. The summed E-state index contributed by atoms with van der Waals surface area (Å²) < 4.78 is 28.2. The molecule has 108 valence electrons. The average molecular weight is 316 g/mol. The van der Waals surface area contributed by atoms with E-state index in [1.54, 1.807) is 17.1 Å². The molecular weight excluding hydrogens is 302 g/mol. The van der Waals surface area contributed by atoms with Gasteiger partial charge in [-0.2, -0.15) is 0 Å². The summed E-state index contributed by atoms with van der Waals surface area (Å²) in [5.74, 6) is 0. The molecule has 2 rings (SSSR count). The van der Waals surface area contributed by atoms with Gasteiger partial charge in [-0.05, 0) is 24.6 Å². The van der Waals surface area contributed by atoms with Crippen LogP contribution in [-0.4, -0.2) is 30.0 Å². The summed E-state index contributed by atoms with van der Waals surface area (Å²) in [6.07, 6.45) is 3.87. The molecule has 1 aromatic carbocycles. The molecule has 9 heteroatoms. The zero-order chi connectivity index (χ0) is 14.6. The van der Waals surface area contributed by atoms with Gasteiger partial charge in [-0.1, -0.05) is 16.8 Å². The summed E-state index contributed by atoms with van der Waals surface area (Å²) in [5, 5.41) is 7.55. The highest BCUT2D eigenvalue weighted by atomic mass is 35.5. The molecule has 1 heterocycles. The van der Waals surface area contributed by atoms with Crippen molar-refractivity contribution >= 4 is 27.3 Å². The topological polar surface area (TPSA) is 103 Å². The van der Waals surface area contributed by atoms with Crippen LogP contribution in [0.15, 0.2) is 35.5 Å². The van der Waals surface area contributed by atoms with Crippen molar-refractivity contribution in [3.05, 3.63) is 35.6 Å². The first-order valence-corrected chi connectivity index (χ1v) is 7.74. The third-order valence-corrected chi connectivity index (χ3v) is 4.52.